The van der Waals surface area contributed by atoms with Gasteiger partial charge in [-0.2, -0.15) is 8.78 Å². The van der Waals surface area contributed by atoms with Crippen LogP contribution in [0.3, 0.4) is 0 Å². The smallest absolute Gasteiger partial charge is 0.387 e. The van der Waals surface area contributed by atoms with Crippen molar-refractivity contribution >= 4 is 21.7 Å². The Morgan fingerprint density at radius 2 is 1.90 bits per heavy atom. The predicted molar refractivity (Wildman–Crippen MR) is 75.2 cm³/mol. The lowest BCUT2D eigenvalue weighted by Gasteiger charge is -2.10. The number of benzene rings is 2. The van der Waals surface area contributed by atoms with E-state index in [1.54, 1.807) is 6.07 Å². The molecule has 0 amide bonds. The number of ketones is 1. The molecule has 2 aromatic rings. The van der Waals surface area contributed by atoms with Crippen LogP contribution in [0.5, 0.6) is 5.75 Å². The molecule has 0 N–H and O–H groups in total. The predicted octanol–water partition coefficient (Wildman–Crippen LogP) is 4.62. The lowest BCUT2D eigenvalue weighted by Crippen LogP contribution is -2.10. The highest BCUT2D eigenvalue weighted by Gasteiger charge is 2.16. The van der Waals surface area contributed by atoms with Crippen molar-refractivity contribution in [3.05, 3.63) is 63.9 Å². The molecule has 0 aliphatic carbocycles. The fourth-order valence-corrected chi connectivity index (χ4v) is 2.23. The summed E-state index contributed by atoms with van der Waals surface area (Å²) >= 11 is 3.22. The van der Waals surface area contributed by atoms with Crippen molar-refractivity contribution < 1.29 is 22.7 Å². The van der Waals surface area contributed by atoms with E-state index in [0.717, 1.165) is 0 Å². The zero-order chi connectivity index (χ0) is 15.4. The molecule has 0 unspecified atom stereocenters. The van der Waals surface area contributed by atoms with Gasteiger partial charge >= 0.3 is 6.61 Å². The summed E-state index contributed by atoms with van der Waals surface area (Å²) in [6.07, 6.45) is -0.123. The van der Waals surface area contributed by atoms with Crippen molar-refractivity contribution in [2.75, 3.05) is 0 Å². The molecule has 0 aliphatic rings. The molecule has 0 aromatic heterocycles. The third-order valence-electron chi connectivity index (χ3n) is 2.76. The van der Waals surface area contributed by atoms with E-state index < -0.39 is 18.2 Å². The van der Waals surface area contributed by atoms with Crippen molar-refractivity contribution in [3.63, 3.8) is 0 Å². The van der Waals surface area contributed by atoms with E-state index in [1.807, 2.05) is 0 Å². The van der Waals surface area contributed by atoms with Gasteiger partial charge in [-0.3, -0.25) is 4.79 Å². The van der Waals surface area contributed by atoms with Crippen LogP contribution in [0.4, 0.5) is 13.2 Å². The molecule has 2 nitrogen and oxygen atoms in total. The summed E-state index contributed by atoms with van der Waals surface area (Å²) in [4.78, 5) is 12.2. The molecule has 0 radical (unpaired) electrons. The zero-order valence-electron chi connectivity index (χ0n) is 10.7. The minimum Gasteiger partial charge on any atom is -0.434 e. The molecule has 0 aliphatic heterocycles. The van der Waals surface area contributed by atoms with E-state index in [0.29, 0.717) is 10.0 Å². The third-order valence-corrected chi connectivity index (χ3v) is 3.54. The minimum absolute atomic E-state index is 0.0361. The van der Waals surface area contributed by atoms with Gasteiger partial charge < -0.3 is 4.74 Å². The van der Waals surface area contributed by atoms with Crippen molar-refractivity contribution in [3.8, 4) is 5.75 Å². The first-order valence-electron chi connectivity index (χ1n) is 5.98. The second kappa shape index (κ2) is 6.76. The first-order valence-corrected chi connectivity index (χ1v) is 6.77. The van der Waals surface area contributed by atoms with E-state index in [9.17, 15) is 18.0 Å². The Hall–Kier alpha value is -1.82. The van der Waals surface area contributed by atoms with Crippen LogP contribution in [0.1, 0.15) is 15.9 Å². The summed E-state index contributed by atoms with van der Waals surface area (Å²) in [7, 11) is 0. The number of rotatable bonds is 5. The Morgan fingerprint density at radius 3 is 2.62 bits per heavy atom. The maximum absolute atomic E-state index is 13.2. The number of carbonyl (C=O) groups excluding carboxylic acids is 1. The Morgan fingerprint density at radius 1 is 1.19 bits per heavy atom. The molecule has 110 valence electrons. The highest BCUT2D eigenvalue weighted by Crippen LogP contribution is 2.24. The number of ether oxygens (including phenoxy) is 1. The lowest BCUT2D eigenvalue weighted by molar-refractivity contribution is -0.0501. The lowest BCUT2D eigenvalue weighted by atomic mass is 10.0. The molecule has 0 heterocycles. The molecule has 21 heavy (non-hydrogen) atoms. The van der Waals surface area contributed by atoms with Crippen LogP contribution in [0.15, 0.2) is 46.9 Å². The molecular formula is C15H10BrF3O2. The van der Waals surface area contributed by atoms with E-state index in [2.05, 4.69) is 20.7 Å². The van der Waals surface area contributed by atoms with Crippen molar-refractivity contribution in [2.24, 2.45) is 0 Å². The van der Waals surface area contributed by atoms with Gasteiger partial charge in [0.2, 0.25) is 0 Å². The van der Waals surface area contributed by atoms with Crippen molar-refractivity contribution in [2.45, 2.75) is 13.0 Å². The Kier molecular flexibility index (Phi) is 5.01. The van der Waals surface area contributed by atoms with Crippen LogP contribution in [0, 0.1) is 5.82 Å². The maximum atomic E-state index is 13.2. The van der Waals surface area contributed by atoms with Gasteiger partial charge in [-0.05, 0) is 35.9 Å². The van der Waals surface area contributed by atoms with E-state index in [1.165, 1.54) is 36.4 Å². The van der Waals surface area contributed by atoms with Crippen LogP contribution >= 0.6 is 15.9 Å². The monoisotopic (exact) mass is 358 g/mol. The van der Waals surface area contributed by atoms with Crippen LogP contribution in [-0.4, -0.2) is 12.4 Å². The fraction of sp³-hybridized carbons (Fsp3) is 0.133. The average molecular weight is 359 g/mol. The zero-order valence-corrected chi connectivity index (χ0v) is 12.2. The van der Waals surface area contributed by atoms with Crippen molar-refractivity contribution in [1.29, 1.82) is 0 Å². The third kappa shape index (κ3) is 4.07. The van der Waals surface area contributed by atoms with Crippen LogP contribution in [0.2, 0.25) is 0 Å². The van der Waals surface area contributed by atoms with Crippen LogP contribution in [0.25, 0.3) is 0 Å². The Balaban J connectivity index is 2.26. The molecule has 0 saturated heterocycles. The quantitative estimate of drug-likeness (QED) is 0.729. The summed E-state index contributed by atoms with van der Waals surface area (Å²) in [5, 5.41) is 0. The van der Waals surface area contributed by atoms with Gasteiger partial charge in [0.05, 0.1) is 5.56 Å². The number of Topliss-reactive ketones (excluding diaryl/α,β-unsaturated/α-hetero) is 1. The van der Waals surface area contributed by atoms with Gasteiger partial charge in [-0.25, -0.2) is 4.39 Å². The summed E-state index contributed by atoms with van der Waals surface area (Å²) in [6.45, 7) is -3.01. The summed E-state index contributed by atoms with van der Waals surface area (Å²) in [5.74, 6) is -1.10. The molecule has 0 spiro atoms. The van der Waals surface area contributed by atoms with E-state index >= 15 is 0 Å². The highest BCUT2D eigenvalue weighted by atomic mass is 79.9. The van der Waals surface area contributed by atoms with Crippen molar-refractivity contribution in [1.82, 2.24) is 0 Å². The molecule has 0 atom stereocenters. The Labute approximate surface area is 127 Å². The van der Waals surface area contributed by atoms with E-state index in [-0.39, 0.29) is 17.7 Å². The van der Waals surface area contributed by atoms with E-state index in [4.69, 9.17) is 0 Å². The molecule has 2 aromatic carbocycles. The highest BCUT2D eigenvalue weighted by molar-refractivity contribution is 9.10. The van der Waals surface area contributed by atoms with Gasteiger partial charge in [0, 0.05) is 10.9 Å². The fourth-order valence-electron chi connectivity index (χ4n) is 1.84. The normalized spacial score (nSPS) is 10.7. The van der Waals surface area contributed by atoms with Gasteiger partial charge in [0.25, 0.3) is 0 Å². The largest absolute Gasteiger partial charge is 0.434 e. The summed E-state index contributed by atoms with van der Waals surface area (Å²) in [5.41, 5.74) is 0.473. The first-order chi connectivity index (χ1) is 9.97. The number of carbonyl (C=O) groups is 1. The topological polar surface area (TPSA) is 26.3 Å². The second-order valence-electron chi connectivity index (χ2n) is 4.21. The SMILES string of the molecule is O=C(Cc1cc(F)ccc1Br)c1ccccc1OC(F)F. The number of para-hydroxylation sites is 1. The molecule has 0 fully saturated rings. The van der Waals surface area contributed by atoms with Crippen LogP contribution < -0.4 is 4.74 Å². The number of hydrogen-bond donors (Lipinski definition) is 0. The second-order valence-corrected chi connectivity index (χ2v) is 5.06. The van der Waals surface area contributed by atoms with Gasteiger partial charge in [0.1, 0.15) is 11.6 Å². The Bertz CT molecular complexity index is 659. The first kappa shape index (κ1) is 15.6. The number of halogens is 4. The van der Waals surface area contributed by atoms with Crippen LogP contribution in [-0.2, 0) is 6.42 Å². The molecule has 0 saturated carbocycles. The molecule has 6 heteroatoms. The number of alkyl halides is 2. The van der Waals surface area contributed by atoms with Gasteiger partial charge in [-0.1, -0.05) is 28.1 Å². The molecule has 0 bridgehead atoms. The minimum atomic E-state index is -3.01. The maximum Gasteiger partial charge on any atom is 0.387 e. The average Bonchev–Trinajstić information content (AvgIpc) is 2.42. The molecular weight excluding hydrogens is 349 g/mol. The summed E-state index contributed by atoms with van der Waals surface area (Å²) < 4.78 is 42.7. The number of hydrogen-bond acceptors (Lipinski definition) is 2. The molecule has 2 rings (SSSR count). The standard InChI is InChI=1S/C15H10BrF3O2/c16-12-6-5-10(17)7-9(12)8-13(20)11-3-1-2-4-14(11)21-15(18)19/h1-7,15H,8H2. The van der Waals surface area contributed by atoms with Gasteiger partial charge in [-0.15, -0.1) is 0 Å². The summed E-state index contributed by atoms with van der Waals surface area (Å²) in [6, 6.07) is 9.69. The van der Waals surface area contributed by atoms with Gasteiger partial charge in [0.15, 0.2) is 5.78 Å².